The molecular weight excluding hydrogens is 517 g/mol. The zero-order chi connectivity index (χ0) is 22.8. The Morgan fingerprint density at radius 2 is 2.09 bits per heavy atom. The Morgan fingerprint density at radius 1 is 1.34 bits per heavy atom. The van der Waals surface area contributed by atoms with Crippen molar-refractivity contribution in [2.75, 3.05) is 40.8 Å². The summed E-state index contributed by atoms with van der Waals surface area (Å²) in [6, 6.07) is 6.36. The predicted octanol–water partition coefficient (Wildman–Crippen LogP) is 3.40. The zero-order valence-electron chi connectivity index (χ0n) is 20.6. The van der Waals surface area contributed by atoms with Crippen molar-refractivity contribution in [3.8, 4) is 5.75 Å². The number of carbonyl (C=O) groups is 1. The summed E-state index contributed by atoms with van der Waals surface area (Å²) in [4.78, 5) is 20.7. The molecule has 0 spiro atoms. The van der Waals surface area contributed by atoms with Crippen molar-refractivity contribution in [2.24, 2.45) is 4.99 Å². The van der Waals surface area contributed by atoms with Crippen LogP contribution in [0, 0.1) is 6.92 Å². The minimum Gasteiger partial charge on any atom is -0.490 e. The van der Waals surface area contributed by atoms with Gasteiger partial charge < -0.3 is 20.3 Å². The number of nitrogens with zero attached hydrogens (tertiary/aromatic N) is 3. The van der Waals surface area contributed by atoms with Crippen LogP contribution >= 0.6 is 24.0 Å². The van der Waals surface area contributed by atoms with E-state index in [4.69, 9.17) is 4.74 Å². The van der Waals surface area contributed by atoms with Gasteiger partial charge >= 0.3 is 0 Å². The van der Waals surface area contributed by atoms with Gasteiger partial charge in [-0.3, -0.25) is 14.7 Å². The SMILES string of the molecule is CCC(C)Oc1cc(C)ccc1CNC(=NC)NCCCN1CCCC1C(=O)N(C)C.I. The first kappa shape index (κ1) is 28.5. The van der Waals surface area contributed by atoms with Gasteiger partial charge in [0.15, 0.2) is 5.96 Å². The summed E-state index contributed by atoms with van der Waals surface area (Å²) in [5.74, 6) is 1.93. The third-order valence-electron chi connectivity index (χ3n) is 5.80. The van der Waals surface area contributed by atoms with Crippen LogP contribution in [0.25, 0.3) is 0 Å². The molecule has 0 saturated carbocycles. The summed E-state index contributed by atoms with van der Waals surface area (Å²) >= 11 is 0. The highest BCUT2D eigenvalue weighted by Gasteiger charge is 2.30. The van der Waals surface area contributed by atoms with E-state index in [1.165, 1.54) is 5.56 Å². The number of halogens is 1. The van der Waals surface area contributed by atoms with E-state index in [2.05, 4.69) is 59.5 Å². The normalized spacial score (nSPS) is 17.4. The molecule has 1 amide bonds. The molecule has 2 unspecified atom stereocenters. The topological polar surface area (TPSA) is 69.2 Å². The molecule has 32 heavy (non-hydrogen) atoms. The monoisotopic (exact) mass is 559 g/mol. The highest BCUT2D eigenvalue weighted by molar-refractivity contribution is 14.0. The Hall–Kier alpha value is -1.55. The Balaban J connectivity index is 0.00000512. The Labute approximate surface area is 211 Å². The quantitative estimate of drug-likeness (QED) is 0.199. The van der Waals surface area contributed by atoms with Crippen molar-refractivity contribution in [3.05, 3.63) is 29.3 Å². The number of hydrogen-bond acceptors (Lipinski definition) is 4. The molecule has 2 N–H and O–H groups in total. The lowest BCUT2D eigenvalue weighted by atomic mass is 10.1. The minimum absolute atomic E-state index is 0. The molecule has 2 atom stereocenters. The average molecular weight is 560 g/mol. The van der Waals surface area contributed by atoms with Gasteiger partial charge in [-0.1, -0.05) is 19.1 Å². The molecular formula is C24H42IN5O2. The predicted molar refractivity (Wildman–Crippen MR) is 143 cm³/mol. The van der Waals surface area contributed by atoms with Gasteiger partial charge in [0.1, 0.15) is 5.75 Å². The summed E-state index contributed by atoms with van der Waals surface area (Å²) in [5.41, 5.74) is 2.31. The summed E-state index contributed by atoms with van der Waals surface area (Å²) < 4.78 is 6.11. The summed E-state index contributed by atoms with van der Waals surface area (Å²) in [5, 5.41) is 6.78. The number of guanidine groups is 1. The van der Waals surface area contributed by atoms with E-state index in [1.54, 1.807) is 11.9 Å². The van der Waals surface area contributed by atoms with E-state index in [0.29, 0.717) is 6.54 Å². The summed E-state index contributed by atoms with van der Waals surface area (Å²) in [7, 11) is 5.46. The molecule has 0 aromatic heterocycles. The van der Waals surface area contributed by atoms with Gasteiger partial charge in [0.05, 0.1) is 12.1 Å². The maximum absolute atomic E-state index is 12.3. The number of amides is 1. The van der Waals surface area contributed by atoms with Gasteiger partial charge in [-0.25, -0.2) is 0 Å². The number of rotatable bonds is 10. The lowest BCUT2D eigenvalue weighted by molar-refractivity contribution is -0.133. The molecule has 0 radical (unpaired) electrons. The van der Waals surface area contributed by atoms with Crippen molar-refractivity contribution < 1.29 is 9.53 Å². The first-order chi connectivity index (χ1) is 14.8. The molecule has 0 bridgehead atoms. The lowest BCUT2D eigenvalue weighted by Gasteiger charge is -2.26. The van der Waals surface area contributed by atoms with Crippen LogP contribution in [-0.4, -0.2) is 74.6 Å². The number of likely N-dealkylation sites (N-methyl/N-ethyl adjacent to an activating group) is 1. The second kappa shape index (κ2) is 14.6. The van der Waals surface area contributed by atoms with E-state index in [0.717, 1.165) is 62.6 Å². The molecule has 1 aliphatic rings. The standard InChI is InChI=1S/C24H41N5O2.HI/c1-7-19(3)31-22-16-18(2)11-12-20(22)17-27-24(25-4)26-13-9-15-29-14-8-10-21(29)23(30)28(5)6;/h11-12,16,19,21H,7-10,13-15,17H2,1-6H3,(H2,25,26,27);1H. The first-order valence-electron chi connectivity index (χ1n) is 11.5. The Morgan fingerprint density at radius 3 is 2.75 bits per heavy atom. The number of ether oxygens (including phenoxy) is 1. The van der Waals surface area contributed by atoms with Gasteiger partial charge in [-0.2, -0.15) is 0 Å². The zero-order valence-corrected chi connectivity index (χ0v) is 22.9. The van der Waals surface area contributed by atoms with Crippen molar-refractivity contribution in [1.29, 1.82) is 0 Å². The maximum atomic E-state index is 12.3. The number of benzene rings is 1. The van der Waals surface area contributed by atoms with E-state index in [1.807, 2.05) is 14.1 Å². The maximum Gasteiger partial charge on any atom is 0.239 e. The summed E-state index contributed by atoms with van der Waals surface area (Å²) in [6.45, 7) is 9.68. The van der Waals surface area contributed by atoms with E-state index < -0.39 is 0 Å². The molecule has 1 aliphatic heterocycles. The van der Waals surface area contributed by atoms with Crippen molar-refractivity contribution in [2.45, 2.75) is 65.1 Å². The minimum atomic E-state index is 0. The van der Waals surface area contributed by atoms with Crippen LogP contribution in [0.5, 0.6) is 5.75 Å². The van der Waals surface area contributed by atoms with Crippen molar-refractivity contribution in [3.63, 3.8) is 0 Å². The van der Waals surface area contributed by atoms with Gasteiger partial charge in [0.25, 0.3) is 0 Å². The van der Waals surface area contributed by atoms with Crippen LogP contribution < -0.4 is 15.4 Å². The first-order valence-corrected chi connectivity index (χ1v) is 11.5. The molecule has 0 aliphatic carbocycles. The smallest absolute Gasteiger partial charge is 0.239 e. The van der Waals surface area contributed by atoms with Gasteiger partial charge in [-0.05, 0) is 57.7 Å². The van der Waals surface area contributed by atoms with Crippen LogP contribution in [0.4, 0.5) is 0 Å². The van der Waals surface area contributed by atoms with E-state index in [-0.39, 0.29) is 42.0 Å². The van der Waals surface area contributed by atoms with Crippen LogP contribution in [0.1, 0.15) is 50.7 Å². The number of carbonyl (C=O) groups excluding carboxylic acids is 1. The Kier molecular flexibility index (Phi) is 13.0. The number of aryl methyl sites for hydroxylation is 1. The summed E-state index contributed by atoms with van der Waals surface area (Å²) in [6.07, 6.45) is 4.18. The number of nitrogens with one attached hydrogen (secondary N) is 2. The van der Waals surface area contributed by atoms with Gasteiger partial charge in [0, 0.05) is 46.3 Å². The highest BCUT2D eigenvalue weighted by Crippen LogP contribution is 2.22. The molecule has 1 aromatic carbocycles. The molecule has 1 heterocycles. The molecule has 1 saturated heterocycles. The fourth-order valence-corrected chi connectivity index (χ4v) is 3.78. The third-order valence-corrected chi connectivity index (χ3v) is 5.80. The molecule has 8 heteroatoms. The van der Waals surface area contributed by atoms with Crippen LogP contribution in [-0.2, 0) is 11.3 Å². The molecule has 182 valence electrons. The fraction of sp³-hybridized carbons (Fsp3) is 0.667. The molecule has 1 fully saturated rings. The van der Waals surface area contributed by atoms with Crippen molar-refractivity contribution in [1.82, 2.24) is 20.4 Å². The fourth-order valence-electron chi connectivity index (χ4n) is 3.78. The second-order valence-corrected chi connectivity index (χ2v) is 8.58. The lowest BCUT2D eigenvalue weighted by Crippen LogP contribution is -2.44. The Bertz CT molecular complexity index is 741. The largest absolute Gasteiger partial charge is 0.490 e. The molecule has 2 rings (SSSR count). The van der Waals surface area contributed by atoms with Crippen LogP contribution in [0.3, 0.4) is 0 Å². The van der Waals surface area contributed by atoms with Crippen molar-refractivity contribution >= 4 is 35.8 Å². The number of likely N-dealkylation sites (tertiary alicyclic amines) is 1. The second-order valence-electron chi connectivity index (χ2n) is 8.58. The average Bonchev–Trinajstić information content (AvgIpc) is 3.21. The van der Waals surface area contributed by atoms with Crippen LogP contribution in [0.15, 0.2) is 23.2 Å². The molecule has 1 aromatic rings. The van der Waals surface area contributed by atoms with Gasteiger partial charge in [-0.15, -0.1) is 24.0 Å². The molecule has 7 nitrogen and oxygen atoms in total. The number of hydrogen-bond donors (Lipinski definition) is 2. The highest BCUT2D eigenvalue weighted by atomic mass is 127. The van der Waals surface area contributed by atoms with E-state index in [9.17, 15) is 4.79 Å². The van der Waals surface area contributed by atoms with E-state index >= 15 is 0 Å². The van der Waals surface area contributed by atoms with Gasteiger partial charge in [0.2, 0.25) is 5.91 Å². The van der Waals surface area contributed by atoms with Crippen LogP contribution in [0.2, 0.25) is 0 Å². The third kappa shape index (κ3) is 8.77. The number of aliphatic imine (C=N–C) groups is 1.